The van der Waals surface area contributed by atoms with Gasteiger partial charge in [-0.15, -0.1) is 6.58 Å². The minimum atomic E-state index is -1.06. The molecule has 1 fully saturated rings. The summed E-state index contributed by atoms with van der Waals surface area (Å²) in [6.45, 7) is 3.66. The average Bonchev–Trinajstić information content (AvgIpc) is 3.39. The summed E-state index contributed by atoms with van der Waals surface area (Å²) in [6, 6.07) is 16.1. The normalized spacial score (nSPS) is 18.8. The summed E-state index contributed by atoms with van der Waals surface area (Å²) in [5.41, 5.74) is 4.65. The number of carboxylic acid groups (broad SMARTS) is 1. The van der Waals surface area contributed by atoms with Crippen molar-refractivity contribution in [3.63, 3.8) is 0 Å². The molecule has 0 unspecified atom stereocenters. The lowest BCUT2D eigenvalue weighted by Crippen LogP contribution is -2.40. The highest BCUT2D eigenvalue weighted by Gasteiger charge is 2.34. The zero-order valence-corrected chi connectivity index (χ0v) is 18.4. The van der Waals surface area contributed by atoms with Crippen LogP contribution in [0, 0.1) is 5.92 Å². The molecule has 2 amide bonds. The topological polar surface area (TPSA) is 95.9 Å². The van der Waals surface area contributed by atoms with Crippen LogP contribution in [0.15, 0.2) is 61.2 Å². The third kappa shape index (κ3) is 4.92. The van der Waals surface area contributed by atoms with Crippen LogP contribution in [0.1, 0.15) is 36.3 Å². The first-order valence-corrected chi connectivity index (χ1v) is 11.2. The van der Waals surface area contributed by atoms with Crippen LogP contribution in [-0.2, 0) is 14.3 Å². The molecule has 4 rings (SSSR count). The van der Waals surface area contributed by atoms with Crippen LogP contribution in [0.2, 0.25) is 0 Å². The van der Waals surface area contributed by atoms with Crippen LogP contribution in [0.4, 0.5) is 4.79 Å². The van der Waals surface area contributed by atoms with Gasteiger partial charge in [-0.2, -0.15) is 0 Å². The van der Waals surface area contributed by atoms with Crippen molar-refractivity contribution >= 4 is 18.0 Å². The number of nitrogens with one attached hydrogen (secondary N) is 1. The summed E-state index contributed by atoms with van der Waals surface area (Å²) in [6.07, 6.45) is 2.73. The Morgan fingerprint density at radius 3 is 2.30 bits per heavy atom. The monoisotopic (exact) mass is 448 g/mol. The molecule has 2 aliphatic rings. The van der Waals surface area contributed by atoms with E-state index in [0.717, 1.165) is 11.1 Å². The van der Waals surface area contributed by atoms with Gasteiger partial charge in [-0.1, -0.05) is 54.6 Å². The van der Waals surface area contributed by atoms with E-state index in [4.69, 9.17) is 9.84 Å². The number of carboxylic acids is 1. The van der Waals surface area contributed by atoms with Crippen molar-refractivity contribution in [2.24, 2.45) is 5.92 Å². The number of amides is 2. The molecule has 1 saturated carbocycles. The summed E-state index contributed by atoms with van der Waals surface area (Å²) in [5, 5.41) is 11.9. The fourth-order valence-corrected chi connectivity index (χ4v) is 4.95. The minimum Gasteiger partial charge on any atom is -0.480 e. The molecule has 0 heterocycles. The van der Waals surface area contributed by atoms with Gasteiger partial charge in [0, 0.05) is 24.4 Å². The molecule has 7 nitrogen and oxygen atoms in total. The lowest BCUT2D eigenvalue weighted by Gasteiger charge is -2.22. The van der Waals surface area contributed by atoms with Gasteiger partial charge in [-0.3, -0.25) is 9.59 Å². The van der Waals surface area contributed by atoms with Crippen LogP contribution < -0.4 is 5.32 Å². The molecule has 2 atom stereocenters. The van der Waals surface area contributed by atoms with E-state index in [1.807, 2.05) is 24.3 Å². The van der Waals surface area contributed by atoms with Crippen molar-refractivity contribution in [2.75, 3.05) is 19.7 Å². The van der Waals surface area contributed by atoms with Gasteiger partial charge in [0.25, 0.3) is 0 Å². The summed E-state index contributed by atoms with van der Waals surface area (Å²) in [4.78, 5) is 37.6. The smallest absolute Gasteiger partial charge is 0.407 e. The molecule has 2 aliphatic carbocycles. The molecule has 0 aromatic heterocycles. The predicted molar refractivity (Wildman–Crippen MR) is 124 cm³/mol. The van der Waals surface area contributed by atoms with E-state index in [-0.39, 0.29) is 43.5 Å². The largest absolute Gasteiger partial charge is 0.480 e. The third-order valence-electron chi connectivity index (χ3n) is 6.43. The lowest BCUT2D eigenvalue weighted by molar-refractivity contribution is -0.145. The number of benzene rings is 2. The van der Waals surface area contributed by atoms with Gasteiger partial charge < -0.3 is 20.1 Å². The van der Waals surface area contributed by atoms with E-state index < -0.39 is 12.1 Å². The minimum absolute atomic E-state index is 0.00969. The molecular formula is C26H28N2O5. The maximum atomic E-state index is 12.7. The molecule has 0 radical (unpaired) electrons. The highest BCUT2D eigenvalue weighted by molar-refractivity contribution is 5.83. The van der Waals surface area contributed by atoms with Gasteiger partial charge in [0.2, 0.25) is 5.91 Å². The molecule has 0 aliphatic heterocycles. The maximum absolute atomic E-state index is 12.7. The van der Waals surface area contributed by atoms with E-state index >= 15 is 0 Å². The molecule has 0 bridgehead atoms. The van der Waals surface area contributed by atoms with E-state index in [1.54, 1.807) is 0 Å². The average molecular weight is 449 g/mol. The molecular weight excluding hydrogens is 420 g/mol. The summed E-state index contributed by atoms with van der Waals surface area (Å²) >= 11 is 0. The van der Waals surface area contributed by atoms with Crippen LogP contribution >= 0.6 is 0 Å². The Bertz CT molecular complexity index is 1020. The Kier molecular flexibility index (Phi) is 6.77. The van der Waals surface area contributed by atoms with Gasteiger partial charge in [-0.05, 0) is 41.5 Å². The zero-order valence-electron chi connectivity index (χ0n) is 18.4. The summed E-state index contributed by atoms with van der Waals surface area (Å²) in [5.74, 6) is -1.60. The number of hydrogen-bond acceptors (Lipinski definition) is 4. The Morgan fingerprint density at radius 2 is 1.70 bits per heavy atom. The van der Waals surface area contributed by atoms with Crippen molar-refractivity contribution in [1.29, 1.82) is 0 Å². The Labute approximate surface area is 193 Å². The highest BCUT2D eigenvalue weighted by atomic mass is 16.5. The SMILES string of the molecule is C=CCN(CC(=O)O)C(=O)[C@@H]1CC[C@H](NC(=O)OCC2c3ccccc3-c3ccccc32)C1. The van der Waals surface area contributed by atoms with Gasteiger partial charge in [-0.25, -0.2) is 4.79 Å². The molecule has 172 valence electrons. The first-order valence-electron chi connectivity index (χ1n) is 11.2. The standard InChI is InChI=1S/C26H28N2O5/c1-2-13-28(15-24(29)30)25(31)17-11-12-18(14-17)27-26(32)33-16-23-21-9-5-3-7-19(21)20-8-4-6-10-22(20)23/h2-10,17-18,23H,1,11-16H2,(H,27,32)(H,29,30)/t17-,18+/m1/s1. The number of carbonyl (C=O) groups is 3. The zero-order chi connectivity index (χ0) is 23.4. The second-order valence-corrected chi connectivity index (χ2v) is 8.58. The molecule has 0 spiro atoms. The van der Waals surface area contributed by atoms with Crippen molar-refractivity contribution < 1.29 is 24.2 Å². The lowest BCUT2D eigenvalue weighted by atomic mass is 9.98. The van der Waals surface area contributed by atoms with E-state index in [2.05, 4.69) is 36.2 Å². The highest BCUT2D eigenvalue weighted by Crippen LogP contribution is 2.44. The van der Waals surface area contributed by atoms with Gasteiger partial charge in [0.1, 0.15) is 13.2 Å². The van der Waals surface area contributed by atoms with Crippen LogP contribution in [0.3, 0.4) is 0 Å². The van der Waals surface area contributed by atoms with Gasteiger partial charge in [0.05, 0.1) is 0 Å². The Balaban J connectivity index is 1.32. The summed E-state index contributed by atoms with van der Waals surface area (Å²) < 4.78 is 5.60. The number of aliphatic carboxylic acids is 1. The fourth-order valence-electron chi connectivity index (χ4n) is 4.95. The summed E-state index contributed by atoms with van der Waals surface area (Å²) in [7, 11) is 0. The first kappa shape index (κ1) is 22.6. The molecule has 2 aromatic rings. The van der Waals surface area contributed by atoms with E-state index in [9.17, 15) is 14.4 Å². The van der Waals surface area contributed by atoms with Crippen molar-refractivity contribution in [3.8, 4) is 11.1 Å². The van der Waals surface area contributed by atoms with E-state index in [0.29, 0.717) is 19.3 Å². The number of nitrogens with zero attached hydrogens (tertiary/aromatic N) is 1. The number of alkyl carbamates (subject to hydrolysis) is 1. The van der Waals surface area contributed by atoms with Crippen molar-refractivity contribution in [2.45, 2.75) is 31.2 Å². The molecule has 2 N–H and O–H groups in total. The second kappa shape index (κ2) is 9.90. The molecule has 33 heavy (non-hydrogen) atoms. The number of hydrogen-bond donors (Lipinski definition) is 2. The van der Waals surface area contributed by atoms with E-state index in [1.165, 1.54) is 22.1 Å². The maximum Gasteiger partial charge on any atom is 0.407 e. The third-order valence-corrected chi connectivity index (χ3v) is 6.43. The number of ether oxygens (including phenoxy) is 1. The molecule has 2 aromatic carbocycles. The van der Waals surface area contributed by atoms with Crippen LogP contribution in [0.25, 0.3) is 11.1 Å². The quantitative estimate of drug-likeness (QED) is 0.599. The Hall–Kier alpha value is -3.61. The van der Waals surface area contributed by atoms with Crippen molar-refractivity contribution in [3.05, 3.63) is 72.3 Å². The number of carbonyl (C=O) groups excluding carboxylic acids is 2. The Morgan fingerprint density at radius 1 is 1.06 bits per heavy atom. The van der Waals surface area contributed by atoms with Gasteiger partial charge in [0.15, 0.2) is 0 Å². The van der Waals surface area contributed by atoms with Crippen LogP contribution in [-0.4, -0.2) is 53.7 Å². The van der Waals surface area contributed by atoms with Crippen LogP contribution in [0.5, 0.6) is 0 Å². The predicted octanol–water partition coefficient (Wildman–Crippen LogP) is 3.79. The number of fused-ring (bicyclic) bond motifs is 3. The van der Waals surface area contributed by atoms with Crippen molar-refractivity contribution in [1.82, 2.24) is 10.2 Å². The number of rotatable bonds is 8. The second-order valence-electron chi connectivity index (χ2n) is 8.58. The first-order chi connectivity index (χ1) is 16.0. The fraction of sp³-hybridized carbons (Fsp3) is 0.346. The molecule has 7 heteroatoms. The molecule has 0 saturated heterocycles. The van der Waals surface area contributed by atoms with Gasteiger partial charge >= 0.3 is 12.1 Å².